The lowest BCUT2D eigenvalue weighted by Crippen LogP contribution is -2.29. The summed E-state index contributed by atoms with van der Waals surface area (Å²) >= 11 is 0. The first-order valence-electron chi connectivity index (χ1n) is 8.12. The second kappa shape index (κ2) is 5.71. The summed E-state index contributed by atoms with van der Waals surface area (Å²) in [6.07, 6.45) is 5.41. The van der Waals surface area contributed by atoms with Crippen molar-refractivity contribution in [3.63, 3.8) is 0 Å². The molecule has 2 aromatic rings. The summed E-state index contributed by atoms with van der Waals surface area (Å²) in [6, 6.07) is 13.7. The number of anilines is 1. The summed E-state index contributed by atoms with van der Waals surface area (Å²) < 4.78 is 5.25. The Balaban J connectivity index is 1.73. The topological polar surface area (TPSA) is 58.6 Å². The first-order valence-corrected chi connectivity index (χ1v) is 8.12. The van der Waals surface area contributed by atoms with Gasteiger partial charge in [-0.3, -0.25) is 0 Å². The highest BCUT2D eigenvalue weighted by Crippen LogP contribution is 2.50. The molecule has 0 spiro atoms. The van der Waals surface area contributed by atoms with Crippen molar-refractivity contribution in [1.82, 2.24) is 0 Å². The van der Waals surface area contributed by atoms with Crippen LogP contribution in [0.1, 0.15) is 39.9 Å². The molecule has 1 aliphatic heterocycles. The molecule has 0 amide bonds. The zero-order valence-corrected chi connectivity index (χ0v) is 13.4. The first kappa shape index (κ1) is 14.8. The number of allylic oxidation sites excluding steroid dienone is 2. The van der Waals surface area contributed by atoms with E-state index in [9.17, 15) is 9.90 Å². The van der Waals surface area contributed by atoms with E-state index in [0.717, 1.165) is 23.4 Å². The third kappa shape index (κ3) is 2.35. The maximum Gasteiger partial charge on any atom is 0.335 e. The molecule has 0 saturated carbocycles. The number of fused-ring (bicyclic) bond motifs is 3. The molecule has 1 aliphatic carbocycles. The summed E-state index contributed by atoms with van der Waals surface area (Å²) in [7, 11) is 1.67. The average molecular weight is 321 g/mol. The highest BCUT2D eigenvalue weighted by molar-refractivity contribution is 5.89. The Morgan fingerprint density at radius 3 is 2.71 bits per heavy atom. The van der Waals surface area contributed by atoms with E-state index in [1.165, 1.54) is 5.56 Å². The molecule has 24 heavy (non-hydrogen) atoms. The summed E-state index contributed by atoms with van der Waals surface area (Å²) in [5.74, 6) is 0.623. The van der Waals surface area contributed by atoms with Crippen molar-refractivity contribution in [2.45, 2.75) is 18.4 Å². The van der Waals surface area contributed by atoms with Gasteiger partial charge in [0.1, 0.15) is 5.75 Å². The minimum Gasteiger partial charge on any atom is -0.497 e. The van der Waals surface area contributed by atoms with Gasteiger partial charge in [0.2, 0.25) is 0 Å². The van der Waals surface area contributed by atoms with E-state index in [0.29, 0.717) is 11.5 Å². The van der Waals surface area contributed by atoms with Crippen LogP contribution in [0.25, 0.3) is 0 Å². The fraction of sp³-hybridized carbons (Fsp3) is 0.250. The van der Waals surface area contributed by atoms with Gasteiger partial charge in [-0.2, -0.15) is 0 Å². The highest BCUT2D eigenvalue weighted by atomic mass is 16.5. The van der Waals surface area contributed by atoms with Crippen molar-refractivity contribution in [2.24, 2.45) is 5.92 Å². The number of rotatable bonds is 3. The number of methoxy groups -OCH3 is 1. The molecule has 2 aromatic carbocycles. The van der Waals surface area contributed by atoms with Crippen molar-refractivity contribution in [2.75, 3.05) is 12.4 Å². The second-order valence-corrected chi connectivity index (χ2v) is 6.36. The van der Waals surface area contributed by atoms with E-state index >= 15 is 0 Å². The molecule has 4 rings (SSSR count). The predicted molar refractivity (Wildman–Crippen MR) is 92.7 cm³/mol. The number of carbonyl (C=O) groups is 1. The summed E-state index contributed by atoms with van der Waals surface area (Å²) in [6.45, 7) is 0. The molecule has 3 atom stereocenters. The third-order valence-electron chi connectivity index (χ3n) is 5.08. The van der Waals surface area contributed by atoms with Crippen LogP contribution in [-0.4, -0.2) is 18.2 Å². The Morgan fingerprint density at radius 2 is 2.00 bits per heavy atom. The molecule has 4 heteroatoms. The molecule has 0 bridgehead atoms. The van der Waals surface area contributed by atoms with Gasteiger partial charge in [0, 0.05) is 11.6 Å². The van der Waals surface area contributed by atoms with Crippen molar-refractivity contribution in [1.29, 1.82) is 0 Å². The van der Waals surface area contributed by atoms with Crippen LogP contribution in [-0.2, 0) is 0 Å². The Labute approximate surface area is 140 Å². The number of carboxylic acids is 1. The molecule has 0 saturated heterocycles. The zero-order chi connectivity index (χ0) is 16.7. The molecule has 0 radical (unpaired) electrons. The molecule has 0 fully saturated rings. The summed E-state index contributed by atoms with van der Waals surface area (Å²) in [5, 5.41) is 12.9. The van der Waals surface area contributed by atoms with Crippen LogP contribution in [0.3, 0.4) is 0 Å². The van der Waals surface area contributed by atoms with Crippen LogP contribution >= 0.6 is 0 Å². The van der Waals surface area contributed by atoms with E-state index in [1.807, 2.05) is 24.3 Å². The number of nitrogens with one attached hydrogen (secondary N) is 1. The van der Waals surface area contributed by atoms with E-state index in [2.05, 4.69) is 29.6 Å². The van der Waals surface area contributed by atoms with Crippen LogP contribution in [0.4, 0.5) is 5.69 Å². The largest absolute Gasteiger partial charge is 0.497 e. The molecule has 2 N–H and O–H groups in total. The lowest BCUT2D eigenvalue weighted by Gasteiger charge is -2.37. The minimum atomic E-state index is -0.881. The lowest BCUT2D eigenvalue weighted by atomic mass is 9.76. The SMILES string of the molecule is COc1ccc([C@@H]2Nc3ccc(C(=O)O)cc3[C@@H]3C=CC[C@@H]32)cc1. The van der Waals surface area contributed by atoms with Gasteiger partial charge in [0.05, 0.1) is 18.7 Å². The molecule has 0 unspecified atom stereocenters. The Morgan fingerprint density at radius 1 is 1.21 bits per heavy atom. The number of hydrogen-bond acceptors (Lipinski definition) is 3. The normalized spacial score (nSPS) is 24.0. The number of carboxylic acid groups (broad SMARTS) is 1. The number of benzene rings is 2. The van der Waals surface area contributed by atoms with Gasteiger partial charge >= 0.3 is 5.97 Å². The number of aromatic carboxylic acids is 1. The Hall–Kier alpha value is -2.75. The molecule has 2 aliphatic rings. The number of ether oxygens (including phenoxy) is 1. The molecule has 122 valence electrons. The van der Waals surface area contributed by atoms with Crippen LogP contribution < -0.4 is 10.1 Å². The van der Waals surface area contributed by atoms with Crippen LogP contribution in [0, 0.1) is 5.92 Å². The average Bonchev–Trinajstić information content (AvgIpc) is 3.10. The molecular formula is C20H19NO3. The first-order chi connectivity index (χ1) is 11.7. The zero-order valence-electron chi connectivity index (χ0n) is 13.4. The van der Waals surface area contributed by atoms with Crippen molar-refractivity contribution in [3.05, 3.63) is 71.3 Å². The van der Waals surface area contributed by atoms with Crippen LogP contribution in [0.15, 0.2) is 54.6 Å². The van der Waals surface area contributed by atoms with Gasteiger partial charge < -0.3 is 15.2 Å². The monoisotopic (exact) mass is 321 g/mol. The van der Waals surface area contributed by atoms with Gasteiger partial charge in [-0.1, -0.05) is 24.3 Å². The van der Waals surface area contributed by atoms with Gasteiger partial charge in [-0.05, 0) is 53.8 Å². The smallest absolute Gasteiger partial charge is 0.335 e. The minimum absolute atomic E-state index is 0.207. The maximum atomic E-state index is 11.3. The van der Waals surface area contributed by atoms with E-state index in [4.69, 9.17) is 4.74 Å². The Kier molecular flexibility index (Phi) is 3.53. The summed E-state index contributed by atoms with van der Waals surface area (Å²) in [4.78, 5) is 11.3. The maximum absolute atomic E-state index is 11.3. The molecular weight excluding hydrogens is 302 g/mol. The highest BCUT2D eigenvalue weighted by Gasteiger charge is 2.38. The lowest BCUT2D eigenvalue weighted by molar-refractivity contribution is 0.0696. The van der Waals surface area contributed by atoms with Gasteiger partial charge in [0.15, 0.2) is 0 Å². The standard InChI is InChI=1S/C20H19NO3/c1-24-14-8-5-12(6-9-14)19-16-4-2-3-15(16)17-11-13(20(22)23)7-10-18(17)21-19/h2-3,5-11,15-16,19,21H,4H2,1H3,(H,22,23)/t15-,16+,19+/m1/s1. The van der Waals surface area contributed by atoms with Gasteiger partial charge in [0.25, 0.3) is 0 Å². The van der Waals surface area contributed by atoms with Gasteiger partial charge in [-0.25, -0.2) is 4.79 Å². The Bertz CT molecular complexity index is 810. The molecule has 1 heterocycles. The van der Waals surface area contributed by atoms with Crippen molar-refractivity contribution >= 4 is 11.7 Å². The fourth-order valence-electron chi connectivity index (χ4n) is 3.87. The van der Waals surface area contributed by atoms with E-state index in [1.54, 1.807) is 13.2 Å². The molecule has 0 aromatic heterocycles. The third-order valence-corrected chi connectivity index (χ3v) is 5.08. The van der Waals surface area contributed by atoms with Crippen molar-refractivity contribution in [3.8, 4) is 5.75 Å². The number of hydrogen-bond donors (Lipinski definition) is 2. The van der Waals surface area contributed by atoms with Crippen LogP contribution in [0.2, 0.25) is 0 Å². The van der Waals surface area contributed by atoms with E-state index < -0.39 is 5.97 Å². The predicted octanol–water partition coefficient (Wildman–Crippen LogP) is 4.22. The second-order valence-electron chi connectivity index (χ2n) is 6.36. The fourth-order valence-corrected chi connectivity index (χ4v) is 3.87. The van der Waals surface area contributed by atoms with Gasteiger partial charge in [-0.15, -0.1) is 0 Å². The van der Waals surface area contributed by atoms with Crippen molar-refractivity contribution < 1.29 is 14.6 Å². The molecule has 4 nitrogen and oxygen atoms in total. The quantitative estimate of drug-likeness (QED) is 0.831. The summed E-state index contributed by atoms with van der Waals surface area (Å²) in [5.41, 5.74) is 3.67. The van der Waals surface area contributed by atoms with Crippen LogP contribution in [0.5, 0.6) is 5.75 Å². The van der Waals surface area contributed by atoms with E-state index in [-0.39, 0.29) is 12.0 Å².